The minimum Gasteiger partial charge on any atom is -0.311 e. The van der Waals surface area contributed by atoms with E-state index in [2.05, 4.69) is 282 Å². The van der Waals surface area contributed by atoms with Gasteiger partial charge in [-0.25, -0.2) is 0 Å². The van der Waals surface area contributed by atoms with Crippen LogP contribution in [0.5, 0.6) is 0 Å². The van der Waals surface area contributed by atoms with E-state index < -0.39 is 8.07 Å². The first-order valence-electron chi connectivity index (χ1n) is 28.8. The number of anilines is 9. The van der Waals surface area contributed by atoms with Crippen molar-refractivity contribution < 1.29 is 0 Å². The van der Waals surface area contributed by atoms with Crippen molar-refractivity contribution >= 4 is 108 Å². The summed E-state index contributed by atoms with van der Waals surface area (Å²) >= 11 is 2.06. The van der Waals surface area contributed by atoms with Crippen LogP contribution in [0.1, 0.15) is 156 Å². The first kappa shape index (κ1) is 51.9. The molecule has 12 rings (SSSR count). The molecule has 4 aliphatic rings. The van der Waals surface area contributed by atoms with E-state index in [1.54, 1.807) is 0 Å². The fourth-order valence-corrected chi connectivity index (χ4v) is 16.1. The number of benzene rings is 7. The average Bonchev–Trinajstić information content (AvgIpc) is 3.75. The van der Waals surface area contributed by atoms with E-state index in [-0.39, 0.29) is 39.2 Å². The lowest BCUT2D eigenvalue weighted by molar-refractivity contribution is 0.332. The Kier molecular flexibility index (Phi) is 11.7. The van der Waals surface area contributed by atoms with Crippen LogP contribution in [0, 0.1) is 0 Å². The molecular formula is C71H82BN3SSi. The van der Waals surface area contributed by atoms with E-state index in [0.717, 1.165) is 23.5 Å². The van der Waals surface area contributed by atoms with Gasteiger partial charge in [0, 0.05) is 54.7 Å². The van der Waals surface area contributed by atoms with Crippen LogP contribution in [0.4, 0.5) is 51.2 Å². The van der Waals surface area contributed by atoms with Gasteiger partial charge in [0.25, 0.3) is 6.71 Å². The number of hydrogen-bond donors (Lipinski definition) is 0. The Morgan fingerprint density at radius 1 is 0.481 bits per heavy atom. The maximum atomic E-state index is 2.76. The third-order valence-electron chi connectivity index (χ3n) is 18.8. The van der Waals surface area contributed by atoms with E-state index >= 15 is 0 Å². The third-order valence-corrected chi connectivity index (χ3v) is 22.1. The van der Waals surface area contributed by atoms with Gasteiger partial charge in [0.05, 0.1) is 19.4 Å². The van der Waals surface area contributed by atoms with Crippen LogP contribution in [0.2, 0.25) is 19.6 Å². The average molecular weight is 1050 g/mol. The van der Waals surface area contributed by atoms with Crippen molar-refractivity contribution in [3.05, 3.63) is 173 Å². The van der Waals surface area contributed by atoms with Crippen LogP contribution in [0.15, 0.2) is 140 Å². The number of fused-ring (bicyclic) bond motifs is 8. The van der Waals surface area contributed by atoms with Crippen molar-refractivity contribution in [3.8, 4) is 0 Å². The summed E-state index contributed by atoms with van der Waals surface area (Å²) < 4.78 is 2.83. The van der Waals surface area contributed by atoms with Gasteiger partial charge < -0.3 is 14.7 Å². The number of nitrogens with zero attached hydrogens (tertiary/aromatic N) is 3. The van der Waals surface area contributed by atoms with Gasteiger partial charge in [0.1, 0.15) is 0 Å². The van der Waals surface area contributed by atoms with E-state index in [9.17, 15) is 0 Å². The zero-order valence-electron chi connectivity index (χ0n) is 49.4. The lowest BCUT2D eigenvalue weighted by Crippen LogP contribution is -2.60. The lowest BCUT2D eigenvalue weighted by atomic mass is 9.36. The highest BCUT2D eigenvalue weighted by Gasteiger charge is 2.48. The van der Waals surface area contributed by atoms with E-state index in [0.29, 0.717) is 0 Å². The van der Waals surface area contributed by atoms with Crippen LogP contribution in [-0.4, -0.2) is 14.8 Å². The molecule has 1 aromatic heterocycles. The second kappa shape index (κ2) is 17.3. The summed E-state index contributed by atoms with van der Waals surface area (Å²) in [6.07, 6.45) is 4.70. The summed E-state index contributed by atoms with van der Waals surface area (Å²) in [7, 11) is -1.58. The highest BCUT2D eigenvalue weighted by Crippen LogP contribution is 2.55. The van der Waals surface area contributed by atoms with Gasteiger partial charge in [-0.15, -0.1) is 11.3 Å². The van der Waals surface area contributed by atoms with Crippen molar-refractivity contribution in [1.82, 2.24) is 0 Å². The standard InChI is InChI=1S/C71H82BN3SSi/c1-66(2,3)45-23-26-49(27-24-45)74-59-34-25-46(67(4,5)6)39-58(59)72-63-60(74)41-51(73(47-21-19-18-20-22-47)48-28-31-52(32-29-48)77(15,16)17)42-61(63)75(50-30-33-54-55(40-50)69(9,10)36-35-68(54,7)8)64-53-43-56-57(44-62(53)76-65(64)72)71(13,14)38-37-70(56,11)12/h18-34,39-44H,35-38H2,1-17H3. The van der Waals surface area contributed by atoms with Crippen molar-refractivity contribution in [2.45, 2.75) is 175 Å². The minimum atomic E-state index is -1.58. The predicted octanol–water partition coefficient (Wildman–Crippen LogP) is 18.3. The van der Waals surface area contributed by atoms with Gasteiger partial charge in [-0.1, -0.05) is 182 Å². The SMILES string of the molecule is CC(C)(C)c1ccc(N2c3ccc(C(C)(C)C)cc3B3c4sc5cc6c(cc5c4N(c4ccc5c(c4)C(C)(C)CCC5(C)C)c4cc(N(c5ccccc5)c5ccc([Si](C)(C)C)cc5)cc2c43)C(C)(C)CCC6(C)C)cc1. The van der Waals surface area contributed by atoms with Crippen LogP contribution < -0.4 is 35.6 Å². The Bertz CT molecular complexity index is 3650. The lowest BCUT2D eigenvalue weighted by Gasteiger charge is -2.45. The molecule has 3 nitrogen and oxygen atoms in total. The molecule has 0 saturated heterocycles. The molecule has 0 atom stereocenters. The van der Waals surface area contributed by atoms with E-state index in [1.165, 1.54) is 118 Å². The molecule has 394 valence electrons. The smallest absolute Gasteiger partial charge is 0.264 e. The van der Waals surface area contributed by atoms with Crippen LogP contribution in [0.25, 0.3) is 10.1 Å². The first-order valence-corrected chi connectivity index (χ1v) is 33.1. The molecule has 0 radical (unpaired) electrons. The van der Waals surface area contributed by atoms with Crippen molar-refractivity contribution in [2.75, 3.05) is 14.7 Å². The minimum absolute atomic E-state index is 0.00708. The summed E-state index contributed by atoms with van der Waals surface area (Å²) in [5.74, 6) is 0. The molecule has 0 amide bonds. The molecule has 0 spiro atoms. The van der Waals surface area contributed by atoms with E-state index in [1.807, 2.05) is 0 Å². The number of rotatable bonds is 6. The molecule has 2 aliphatic carbocycles. The summed E-state index contributed by atoms with van der Waals surface area (Å²) in [6, 6.07) is 55.7. The second-order valence-electron chi connectivity index (χ2n) is 29.3. The van der Waals surface area contributed by atoms with Crippen LogP contribution in [-0.2, 0) is 32.5 Å². The Balaban J connectivity index is 1.25. The van der Waals surface area contributed by atoms with E-state index in [4.69, 9.17) is 0 Å². The van der Waals surface area contributed by atoms with Gasteiger partial charge >= 0.3 is 0 Å². The quantitative estimate of drug-likeness (QED) is 0.154. The van der Waals surface area contributed by atoms with Gasteiger partial charge in [-0.05, 0) is 181 Å². The molecule has 2 aliphatic heterocycles. The maximum Gasteiger partial charge on any atom is 0.264 e. The second-order valence-corrected chi connectivity index (χ2v) is 35.4. The summed E-state index contributed by atoms with van der Waals surface area (Å²) in [5.41, 5.74) is 22.6. The summed E-state index contributed by atoms with van der Waals surface area (Å²) in [5, 5.41) is 2.84. The molecule has 6 heteroatoms. The molecule has 0 saturated carbocycles. The Morgan fingerprint density at radius 3 is 1.58 bits per heavy atom. The van der Waals surface area contributed by atoms with Crippen LogP contribution in [0.3, 0.4) is 0 Å². The molecule has 0 fully saturated rings. The number of hydrogen-bond acceptors (Lipinski definition) is 4. The van der Waals surface area contributed by atoms with Crippen molar-refractivity contribution in [2.24, 2.45) is 0 Å². The molecule has 77 heavy (non-hydrogen) atoms. The molecule has 8 aromatic rings. The van der Waals surface area contributed by atoms with Crippen molar-refractivity contribution in [3.63, 3.8) is 0 Å². The summed E-state index contributed by atoms with van der Waals surface area (Å²) in [6.45, 7) is 41.3. The van der Waals surface area contributed by atoms with Crippen molar-refractivity contribution in [1.29, 1.82) is 0 Å². The maximum absolute atomic E-state index is 2.76. The third kappa shape index (κ3) is 8.48. The molecule has 0 bridgehead atoms. The first-order chi connectivity index (χ1) is 36.0. The molecule has 7 aromatic carbocycles. The fraction of sp³-hybridized carbons (Fsp3) is 0.380. The number of thiophene rings is 1. The van der Waals surface area contributed by atoms with Gasteiger partial charge in [0.2, 0.25) is 0 Å². The molecule has 3 heterocycles. The fourth-order valence-electron chi connectivity index (χ4n) is 13.6. The van der Waals surface area contributed by atoms with Gasteiger partial charge in [-0.3, -0.25) is 0 Å². The predicted molar refractivity (Wildman–Crippen MR) is 341 cm³/mol. The molecule has 0 unspecified atom stereocenters. The monoisotopic (exact) mass is 1050 g/mol. The highest BCUT2D eigenvalue weighted by molar-refractivity contribution is 7.33. The van der Waals surface area contributed by atoms with Gasteiger partial charge in [0.15, 0.2) is 0 Å². The highest BCUT2D eigenvalue weighted by atomic mass is 32.1. The zero-order valence-corrected chi connectivity index (χ0v) is 51.3. The number of para-hydroxylation sites is 1. The Hall–Kier alpha value is -5.82. The zero-order chi connectivity index (χ0) is 54.7. The normalized spacial score (nSPS) is 17.8. The van der Waals surface area contributed by atoms with Crippen LogP contribution >= 0.6 is 11.3 Å². The Labute approximate surface area is 467 Å². The topological polar surface area (TPSA) is 9.72 Å². The summed E-state index contributed by atoms with van der Waals surface area (Å²) in [4.78, 5) is 7.91. The molecule has 0 N–H and O–H groups in total. The van der Waals surface area contributed by atoms with Gasteiger partial charge in [-0.2, -0.15) is 0 Å². The largest absolute Gasteiger partial charge is 0.311 e. The Morgan fingerprint density at radius 2 is 1.00 bits per heavy atom. The molecular weight excluding hydrogens is 966 g/mol.